The molecule has 0 saturated heterocycles. The normalized spacial score (nSPS) is 12.7. The van der Waals surface area contributed by atoms with Gasteiger partial charge in [0.2, 0.25) is 5.91 Å². The van der Waals surface area contributed by atoms with Crippen LogP contribution in [0.1, 0.15) is 33.6 Å². The van der Waals surface area contributed by atoms with Crippen molar-refractivity contribution in [2.24, 2.45) is 5.73 Å². The SMILES string of the molecule is CCCCN(CC)C(=O)[C@H](C)N. The van der Waals surface area contributed by atoms with E-state index in [0.717, 1.165) is 25.9 Å². The number of unbranched alkanes of at least 4 members (excludes halogenated alkanes) is 1. The number of hydrogen-bond donors (Lipinski definition) is 1. The van der Waals surface area contributed by atoms with Gasteiger partial charge in [-0.1, -0.05) is 13.3 Å². The van der Waals surface area contributed by atoms with E-state index in [2.05, 4.69) is 6.92 Å². The van der Waals surface area contributed by atoms with Gasteiger partial charge in [-0.15, -0.1) is 0 Å². The topological polar surface area (TPSA) is 46.3 Å². The number of hydrogen-bond acceptors (Lipinski definition) is 2. The Morgan fingerprint density at radius 1 is 1.50 bits per heavy atom. The van der Waals surface area contributed by atoms with Crippen molar-refractivity contribution in [2.45, 2.75) is 39.7 Å². The summed E-state index contributed by atoms with van der Waals surface area (Å²) < 4.78 is 0. The lowest BCUT2D eigenvalue weighted by molar-refractivity contribution is -0.132. The lowest BCUT2D eigenvalue weighted by Crippen LogP contribution is -2.42. The fourth-order valence-corrected chi connectivity index (χ4v) is 1.06. The Morgan fingerprint density at radius 3 is 2.42 bits per heavy atom. The highest BCUT2D eigenvalue weighted by atomic mass is 16.2. The van der Waals surface area contributed by atoms with Crippen LogP contribution >= 0.6 is 0 Å². The molecule has 0 unspecified atom stereocenters. The van der Waals surface area contributed by atoms with Crippen molar-refractivity contribution in [3.8, 4) is 0 Å². The zero-order chi connectivity index (χ0) is 9.56. The first-order valence-electron chi connectivity index (χ1n) is 4.67. The Hall–Kier alpha value is -0.570. The second-order valence-corrected chi connectivity index (χ2v) is 3.06. The lowest BCUT2D eigenvalue weighted by atomic mass is 10.2. The molecule has 0 fully saturated rings. The quantitative estimate of drug-likeness (QED) is 0.672. The monoisotopic (exact) mass is 172 g/mol. The summed E-state index contributed by atoms with van der Waals surface area (Å²) in [6.07, 6.45) is 2.18. The first-order valence-corrected chi connectivity index (χ1v) is 4.67. The van der Waals surface area contributed by atoms with Gasteiger partial charge in [0.25, 0.3) is 0 Å². The van der Waals surface area contributed by atoms with Crippen molar-refractivity contribution in [2.75, 3.05) is 13.1 Å². The minimum absolute atomic E-state index is 0.0611. The van der Waals surface area contributed by atoms with Crippen LogP contribution in [-0.2, 0) is 4.79 Å². The maximum Gasteiger partial charge on any atom is 0.239 e. The van der Waals surface area contributed by atoms with E-state index in [1.165, 1.54) is 0 Å². The van der Waals surface area contributed by atoms with Crippen LogP contribution in [0.3, 0.4) is 0 Å². The third-order valence-electron chi connectivity index (χ3n) is 1.86. The minimum Gasteiger partial charge on any atom is -0.342 e. The highest BCUT2D eigenvalue weighted by Gasteiger charge is 2.14. The van der Waals surface area contributed by atoms with Crippen molar-refractivity contribution in [3.05, 3.63) is 0 Å². The number of carbonyl (C=O) groups excluding carboxylic acids is 1. The molecule has 0 spiro atoms. The Morgan fingerprint density at radius 2 is 2.08 bits per heavy atom. The molecule has 0 aromatic rings. The Kier molecular flexibility index (Phi) is 5.72. The second-order valence-electron chi connectivity index (χ2n) is 3.06. The standard InChI is InChI=1S/C9H20N2O/c1-4-6-7-11(5-2)9(12)8(3)10/h8H,4-7,10H2,1-3H3/t8-/m0/s1. The van der Waals surface area contributed by atoms with Gasteiger partial charge in [0.05, 0.1) is 6.04 Å². The molecule has 2 N–H and O–H groups in total. The molecule has 1 amide bonds. The van der Waals surface area contributed by atoms with E-state index in [1.54, 1.807) is 6.92 Å². The summed E-state index contributed by atoms with van der Waals surface area (Å²) in [6.45, 7) is 7.44. The van der Waals surface area contributed by atoms with E-state index >= 15 is 0 Å². The summed E-state index contributed by atoms with van der Waals surface area (Å²) in [5.74, 6) is 0.0611. The maximum absolute atomic E-state index is 11.4. The van der Waals surface area contributed by atoms with Gasteiger partial charge in [-0.25, -0.2) is 0 Å². The maximum atomic E-state index is 11.4. The van der Waals surface area contributed by atoms with E-state index in [0.29, 0.717) is 0 Å². The van der Waals surface area contributed by atoms with Crippen molar-refractivity contribution >= 4 is 5.91 Å². The molecule has 0 aromatic carbocycles. The van der Waals surface area contributed by atoms with Gasteiger partial charge >= 0.3 is 0 Å². The Balaban J connectivity index is 3.88. The summed E-state index contributed by atoms with van der Waals surface area (Å²) >= 11 is 0. The molecule has 0 aliphatic carbocycles. The zero-order valence-electron chi connectivity index (χ0n) is 8.34. The molecule has 72 valence electrons. The van der Waals surface area contributed by atoms with Crippen LogP contribution in [0.15, 0.2) is 0 Å². The third-order valence-corrected chi connectivity index (χ3v) is 1.86. The molecule has 1 atom stereocenters. The second kappa shape index (κ2) is 6.00. The van der Waals surface area contributed by atoms with Crippen LogP contribution in [0.5, 0.6) is 0 Å². The summed E-state index contributed by atoms with van der Waals surface area (Å²) in [5, 5.41) is 0. The Bertz CT molecular complexity index is 134. The first kappa shape index (κ1) is 11.4. The molecule has 12 heavy (non-hydrogen) atoms. The van der Waals surface area contributed by atoms with Gasteiger partial charge in [0.1, 0.15) is 0 Å². The van der Waals surface area contributed by atoms with E-state index in [-0.39, 0.29) is 11.9 Å². The lowest BCUT2D eigenvalue weighted by Gasteiger charge is -2.22. The molecule has 0 aliphatic rings. The number of rotatable bonds is 5. The number of nitrogens with zero attached hydrogens (tertiary/aromatic N) is 1. The molecule has 3 nitrogen and oxygen atoms in total. The van der Waals surface area contributed by atoms with Gasteiger partial charge in [-0.2, -0.15) is 0 Å². The van der Waals surface area contributed by atoms with Crippen molar-refractivity contribution in [1.82, 2.24) is 4.90 Å². The largest absolute Gasteiger partial charge is 0.342 e. The van der Waals surface area contributed by atoms with Gasteiger partial charge in [0.15, 0.2) is 0 Å². The third kappa shape index (κ3) is 3.72. The number of carbonyl (C=O) groups is 1. The summed E-state index contributed by atoms with van der Waals surface area (Å²) in [4.78, 5) is 13.2. The zero-order valence-corrected chi connectivity index (χ0v) is 8.34. The van der Waals surface area contributed by atoms with Gasteiger partial charge in [-0.3, -0.25) is 4.79 Å². The highest BCUT2D eigenvalue weighted by Crippen LogP contribution is 1.97. The average Bonchev–Trinajstić information content (AvgIpc) is 2.05. The number of nitrogens with two attached hydrogens (primary N) is 1. The summed E-state index contributed by atoms with van der Waals surface area (Å²) in [5.41, 5.74) is 5.49. The van der Waals surface area contributed by atoms with Crippen molar-refractivity contribution < 1.29 is 4.79 Å². The molecule has 0 rings (SSSR count). The van der Waals surface area contributed by atoms with Gasteiger partial charge in [0, 0.05) is 13.1 Å². The van der Waals surface area contributed by atoms with Gasteiger partial charge in [-0.05, 0) is 20.3 Å². The first-order chi connectivity index (χ1) is 5.63. The molecule has 0 saturated carbocycles. The average molecular weight is 172 g/mol. The fraction of sp³-hybridized carbons (Fsp3) is 0.889. The molecular weight excluding hydrogens is 152 g/mol. The van der Waals surface area contributed by atoms with Crippen LogP contribution < -0.4 is 5.73 Å². The molecule has 0 aromatic heterocycles. The van der Waals surface area contributed by atoms with Crippen LogP contribution in [-0.4, -0.2) is 29.9 Å². The molecule has 0 aliphatic heterocycles. The predicted octanol–water partition coefficient (Wildman–Crippen LogP) is 0.982. The minimum atomic E-state index is -0.359. The number of amides is 1. The van der Waals surface area contributed by atoms with Crippen molar-refractivity contribution in [3.63, 3.8) is 0 Å². The smallest absolute Gasteiger partial charge is 0.239 e. The van der Waals surface area contributed by atoms with E-state index in [9.17, 15) is 4.79 Å². The van der Waals surface area contributed by atoms with E-state index < -0.39 is 0 Å². The van der Waals surface area contributed by atoms with Crippen LogP contribution in [0.2, 0.25) is 0 Å². The predicted molar refractivity (Wildman–Crippen MR) is 50.8 cm³/mol. The van der Waals surface area contributed by atoms with E-state index in [4.69, 9.17) is 5.73 Å². The van der Waals surface area contributed by atoms with Crippen LogP contribution in [0.4, 0.5) is 0 Å². The van der Waals surface area contributed by atoms with Crippen molar-refractivity contribution in [1.29, 1.82) is 0 Å². The molecule has 3 heteroatoms. The van der Waals surface area contributed by atoms with E-state index in [1.807, 2.05) is 11.8 Å². The molecule has 0 heterocycles. The summed E-state index contributed by atoms with van der Waals surface area (Å²) in [6, 6.07) is -0.359. The molecule has 0 bridgehead atoms. The highest BCUT2D eigenvalue weighted by molar-refractivity contribution is 5.81. The van der Waals surface area contributed by atoms with Crippen LogP contribution in [0.25, 0.3) is 0 Å². The van der Waals surface area contributed by atoms with Crippen LogP contribution in [0, 0.1) is 0 Å². The number of likely N-dealkylation sites (N-methyl/N-ethyl adjacent to an activating group) is 1. The Labute approximate surface area is 74.9 Å². The van der Waals surface area contributed by atoms with Gasteiger partial charge < -0.3 is 10.6 Å². The fourth-order valence-electron chi connectivity index (χ4n) is 1.06. The summed E-state index contributed by atoms with van der Waals surface area (Å²) in [7, 11) is 0. The molecular formula is C9H20N2O. The molecule has 0 radical (unpaired) electrons.